The second-order valence-electron chi connectivity index (χ2n) is 5.12. The Morgan fingerprint density at radius 3 is 2.56 bits per heavy atom. The maximum Gasteiger partial charge on any atom is 0.254 e. The number of quaternary nitrogens is 1. The van der Waals surface area contributed by atoms with Gasteiger partial charge in [-0.2, -0.15) is 0 Å². The van der Waals surface area contributed by atoms with Gasteiger partial charge in [-0.05, 0) is 32.0 Å². The molecule has 1 aromatic rings. The summed E-state index contributed by atoms with van der Waals surface area (Å²) in [5, 5.41) is 0.618. The van der Waals surface area contributed by atoms with Crippen LogP contribution in [0.15, 0.2) is 24.3 Å². The minimum Gasteiger partial charge on any atom is -0.330 e. The molecular weight excluding hydrogens is 248 g/mol. The number of benzene rings is 1. The average Bonchev–Trinajstić information content (AvgIpc) is 2.38. The molecule has 0 unspecified atom stereocenters. The molecule has 1 saturated heterocycles. The Balaban J connectivity index is 1.99. The van der Waals surface area contributed by atoms with Gasteiger partial charge in [0.1, 0.15) is 0 Å². The van der Waals surface area contributed by atoms with Crippen LogP contribution in [-0.4, -0.2) is 43.0 Å². The highest BCUT2D eigenvalue weighted by atomic mass is 35.5. The minimum absolute atomic E-state index is 0.0975. The molecule has 4 heteroatoms. The molecule has 0 aromatic heterocycles. The molecule has 0 saturated carbocycles. The highest BCUT2D eigenvalue weighted by Gasteiger charge is 2.25. The number of piperazine rings is 1. The molecule has 2 rings (SSSR count). The number of carbonyl (C=O) groups is 1. The van der Waals surface area contributed by atoms with Crippen molar-refractivity contribution in [3.05, 3.63) is 34.9 Å². The number of hydrogen-bond donors (Lipinski definition) is 1. The molecule has 0 bridgehead atoms. The van der Waals surface area contributed by atoms with Crippen LogP contribution in [0.4, 0.5) is 0 Å². The van der Waals surface area contributed by atoms with Gasteiger partial charge in [-0.1, -0.05) is 17.7 Å². The summed E-state index contributed by atoms with van der Waals surface area (Å²) in [4.78, 5) is 15.8. The zero-order valence-electron chi connectivity index (χ0n) is 10.9. The molecule has 0 aliphatic carbocycles. The number of nitrogens with zero attached hydrogens (tertiary/aromatic N) is 1. The molecule has 0 spiro atoms. The average molecular weight is 268 g/mol. The van der Waals surface area contributed by atoms with E-state index in [0.29, 0.717) is 16.6 Å². The molecule has 0 atom stereocenters. The monoisotopic (exact) mass is 267 g/mol. The van der Waals surface area contributed by atoms with Crippen LogP contribution < -0.4 is 4.90 Å². The van der Waals surface area contributed by atoms with Crippen molar-refractivity contribution in [1.29, 1.82) is 0 Å². The molecule has 1 N–H and O–H groups in total. The Morgan fingerprint density at radius 1 is 1.33 bits per heavy atom. The maximum absolute atomic E-state index is 12.3. The van der Waals surface area contributed by atoms with Crippen LogP contribution in [0, 0.1) is 0 Å². The van der Waals surface area contributed by atoms with E-state index in [2.05, 4.69) is 13.8 Å². The highest BCUT2D eigenvalue weighted by Crippen LogP contribution is 2.12. The Morgan fingerprint density at radius 2 is 2.00 bits per heavy atom. The van der Waals surface area contributed by atoms with E-state index in [0.717, 1.165) is 26.2 Å². The summed E-state index contributed by atoms with van der Waals surface area (Å²) >= 11 is 5.92. The lowest BCUT2D eigenvalue weighted by molar-refractivity contribution is -0.925. The van der Waals surface area contributed by atoms with E-state index >= 15 is 0 Å². The largest absolute Gasteiger partial charge is 0.330 e. The lowest BCUT2D eigenvalue weighted by Gasteiger charge is -2.34. The first-order valence-corrected chi connectivity index (χ1v) is 6.85. The molecule has 3 nitrogen and oxygen atoms in total. The molecule has 18 heavy (non-hydrogen) atoms. The van der Waals surface area contributed by atoms with Gasteiger partial charge in [0.15, 0.2) is 0 Å². The van der Waals surface area contributed by atoms with Crippen LogP contribution in [0.3, 0.4) is 0 Å². The van der Waals surface area contributed by atoms with E-state index in [1.807, 2.05) is 17.0 Å². The molecule has 1 heterocycles. The lowest BCUT2D eigenvalue weighted by Crippen LogP contribution is -3.17. The first-order chi connectivity index (χ1) is 8.58. The van der Waals surface area contributed by atoms with Gasteiger partial charge in [-0.25, -0.2) is 0 Å². The van der Waals surface area contributed by atoms with E-state index in [1.165, 1.54) is 0 Å². The lowest BCUT2D eigenvalue weighted by atomic mass is 10.1. The zero-order valence-corrected chi connectivity index (χ0v) is 11.7. The van der Waals surface area contributed by atoms with Crippen molar-refractivity contribution < 1.29 is 9.69 Å². The van der Waals surface area contributed by atoms with E-state index in [1.54, 1.807) is 17.0 Å². The number of carbonyl (C=O) groups excluding carboxylic acids is 1. The van der Waals surface area contributed by atoms with Crippen LogP contribution in [0.5, 0.6) is 0 Å². The third-order valence-corrected chi connectivity index (χ3v) is 3.82. The Hall–Kier alpha value is -1.06. The summed E-state index contributed by atoms with van der Waals surface area (Å²) < 4.78 is 0. The molecule has 1 aliphatic rings. The Kier molecular flexibility index (Phi) is 4.25. The summed E-state index contributed by atoms with van der Waals surface area (Å²) in [6, 6.07) is 7.82. The zero-order chi connectivity index (χ0) is 13.1. The smallest absolute Gasteiger partial charge is 0.254 e. The van der Waals surface area contributed by atoms with E-state index in [9.17, 15) is 4.79 Å². The standard InChI is InChI=1S/C14H19ClN2O/c1-11(2)16-6-8-17(9-7-16)14(18)12-4-3-5-13(15)10-12/h3-5,10-11H,6-9H2,1-2H3/p+1. The molecule has 0 radical (unpaired) electrons. The van der Waals surface area contributed by atoms with Gasteiger partial charge < -0.3 is 9.80 Å². The van der Waals surface area contributed by atoms with Crippen LogP contribution >= 0.6 is 11.6 Å². The van der Waals surface area contributed by atoms with Gasteiger partial charge in [-0.15, -0.1) is 0 Å². The molecular formula is C14H20ClN2O+. The second-order valence-corrected chi connectivity index (χ2v) is 5.55. The third-order valence-electron chi connectivity index (χ3n) is 3.58. The van der Waals surface area contributed by atoms with Gasteiger partial charge in [0.05, 0.1) is 32.2 Å². The summed E-state index contributed by atoms with van der Waals surface area (Å²) in [5.74, 6) is 0.0975. The van der Waals surface area contributed by atoms with E-state index in [-0.39, 0.29) is 5.91 Å². The molecule has 1 fully saturated rings. The fraction of sp³-hybridized carbons (Fsp3) is 0.500. The second kappa shape index (κ2) is 5.72. The van der Waals surface area contributed by atoms with E-state index < -0.39 is 0 Å². The first kappa shape index (κ1) is 13.4. The number of rotatable bonds is 2. The van der Waals surface area contributed by atoms with Crippen LogP contribution in [0.2, 0.25) is 5.02 Å². The van der Waals surface area contributed by atoms with Crippen LogP contribution in [-0.2, 0) is 0 Å². The van der Waals surface area contributed by atoms with Crippen molar-refractivity contribution in [2.24, 2.45) is 0 Å². The maximum atomic E-state index is 12.3. The summed E-state index contributed by atoms with van der Waals surface area (Å²) in [6.45, 7) is 8.18. The van der Waals surface area contributed by atoms with Crippen LogP contribution in [0.1, 0.15) is 24.2 Å². The summed E-state index contributed by atoms with van der Waals surface area (Å²) in [7, 11) is 0. The highest BCUT2D eigenvalue weighted by molar-refractivity contribution is 6.30. The van der Waals surface area contributed by atoms with Crippen molar-refractivity contribution in [3.63, 3.8) is 0 Å². The molecule has 1 aromatic carbocycles. The van der Waals surface area contributed by atoms with Crippen molar-refractivity contribution in [1.82, 2.24) is 4.90 Å². The van der Waals surface area contributed by atoms with Gasteiger partial charge in [0.25, 0.3) is 5.91 Å². The number of amides is 1. The molecule has 1 aliphatic heterocycles. The SMILES string of the molecule is CC(C)[NH+]1CCN(C(=O)c2cccc(Cl)c2)CC1. The number of halogens is 1. The van der Waals surface area contributed by atoms with Gasteiger partial charge in [-0.3, -0.25) is 4.79 Å². The van der Waals surface area contributed by atoms with Gasteiger partial charge in [0, 0.05) is 10.6 Å². The quantitative estimate of drug-likeness (QED) is 0.853. The van der Waals surface area contributed by atoms with Crippen molar-refractivity contribution in [2.45, 2.75) is 19.9 Å². The predicted octanol–water partition coefficient (Wildman–Crippen LogP) is 1.09. The first-order valence-electron chi connectivity index (χ1n) is 6.47. The van der Waals surface area contributed by atoms with E-state index in [4.69, 9.17) is 11.6 Å². The Bertz CT molecular complexity index is 426. The summed E-state index contributed by atoms with van der Waals surface area (Å²) in [6.07, 6.45) is 0. The third kappa shape index (κ3) is 3.03. The summed E-state index contributed by atoms with van der Waals surface area (Å²) in [5.41, 5.74) is 0.690. The minimum atomic E-state index is 0.0975. The van der Waals surface area contributed by atoms with Crippen LogP contribution in [0.25, 0.3) is 0 Å². The number of hydrogen-bond acceptors (Lipinski definition) is 1. The van der Waals surface area contributed by atoms with Crippen molar-refractivity contribution >= 4 is 17.5 Å². The van der Waals surface area contributed by atoms with Crippen molar-refractivity contribution in [2.75, 3.05) is 26.2 Å². The number of nitrogens with one attached hydrogen (secondary N) is 1. The van der Waals surface area contributed by atoms with Gasteiger partial charge in [0.2, 0.25) is 0 Å². The molecule has 98 valence electrons. The fourth-order valence-electron chi connectivity index (χ4n) is 2.38. The van der Waals surface area contributed by atoms with Gasteiger partial charge >= 0.3 is 0 Å². The normalized spacial score (nSPS) is 17.2. The Labute approximate surface area is 113 Å². The predicted molar refractivity (Wildman–Crippen MR) is 73.2 cm³/mol. The topological polar surface area (TPSA) is 24.8 Å². The molecule has 1 amide bonds. The fourth-order valence-corrected chi connectivity index (χ4v) is 2.57. The van der Waals surface area contributed by atoms with Crippen molar-refractivity contribution in [3.8, 4) is 0 Å².